The van der Waals surface area contributed by atoms with E-state index < -0.39 is 72.4 Å². The number of anilines is 1. The van der Waals surface area contributed by atoms with Crippen LogP contribution in [0.1, 0.15) is 99.8 Å². The molecule has 0 saturated carbocycles. The van der Waals surface area contributed by atoms with Gasteiger partial charge in [-0.05, 0) is 56.1 Å². The summed E-state index contributed by atoms with van der Waals surface area (Å²) in [5.74, 6) is -6.54. The third-order valence-corrected chi connectivity index (χ3v) is 13.7. The fourth-order valence-corrected chi connectivity index (χ4v) is 9.46. The monoisotopic (exact) mass is 1300 g/mol. The molecule has 2 aliphatic rings. The number of unbranched alkanes of at least 4 members (excludes halogenated alkanes) is 6. The average molecular weight is 1300 g/mol. The van der Waals surface area contributed by atoms with Gasteiger partial charge in [0.1, 0.15) is 23.7 Å². The van der Waals surface area contributed by atoms with E-state index in [0.29, 0.717) is 69.1 Å². The number of aromatic nitrogens is 3. The smallest absolute Gasteiger partial charge is 0.326 e. The van der Waals surface area contributed by atoms with E-state index in [1.54, 1.807) is 19.6 Å². The van der Waals surface area contributed by atoms with Crippen molar-refractivity contribution in [2.24, 2.45) is 0 Å². The number of carboxylic acids is 7. The number of nitrogens with zero attached hydrogens (tertiary/aromatic N) is 8. The summed E-state index contributed by atoms with van der Waals surface area (Å²) in [5, 5.41) is 77.1. The van der Waals surface area contributed by atoms with Crippen LogP contribution in [0.2, 0.25) is 0 Å². The second-order valence-electron chi connectivity index (χ2n) is 20.2. The Morgan fingerprint density at radius 1 is 0.543 bits per heavy atom. The third kappa shape index (κ3) is 29.1. The number of piperazine rings is 1. The molecule has 0 aliphatic carbocycles. The van der Waals surface area contributed by atoms with Crippen LogP contribution in [0, 0.1) is 36.9 Å². The molecule has 1 aromatic carbocycles. The second kappa shape index (κ2) is 38.0. The van der Waals surface area contributed by atoms with Crippen LogP contribution < -0.4 is 26.2 Å². The van der Waals surface area contributed by atoms with Gasteiger partial charge < -0.3 is 61.9 Å². The van der Waals surface area contributed by atoms with E-state index >= 15 is 0 Å². The minimum atomic E-state index is -1.50. The number of aryl methyl sites for hydroxylation is 1. The van der Waals surface area contributed by atoms with Crippen molar-refractivity contribution in [3.8, 4) is 0 Å². The van der Waals surface area contributed by atoms with Crippen molar-refractivity contribution >= 4 is 59.7 Å². The van der Waals surface area contributed by atoms with Gasteiger partial charge in [0.25, 0.3) is 0 Å². The topological polar surface area (TPSA) is 398 Å². The summed E-state index contributed by atoms with van der Waals surface area (Å²) in [4.78, 5) is 130. The number of carbonyl (C=O) groups is 9. The summed E-state index contributed by atoms with van der Waals surface area (Å²) in [6.07, 6.45) is 6.90. The molecule has 459 valence electrons. The molecule has 29 heteroatoms. The van der Waals surface area contributed by atoms with Gasteiger partial charge in [0.05, 0.1) is 26.2 Å². The molecule has 11 N–H and O–H groups in total. The molecule has 4 rings (SSSR count). The molecule has 28 nitrogen and oxygen atoms in total. The molecule has 2 aliphatic heterocycles. The first-order chi connectivity index (χ1) is 38.2. The van der Waals surface area contributed by atoms with Crippen LogP contribution in [0.3, 0.4) is 0 Å². The Labute approximate surface area is 499 Å². The minimum absolute atomic E-state index is 0. The van der Waals surface area contributed by atoms with E-state index in [9.17, 15) is 73.8 Å². The van der Waals surface area contributed by atoms with Crippen molar-refractivity contribution in [3.05, 3.63) is 47.0 Å². The Morgan fingerprint density at radius 3 is 1.64 bits per heavy atom. The maximum absolute atomic E-state index is 12.5. The van der Waals surface area contributed by atoms with Gasteiger partial charge >= 0.3 is 47.8 Å². The Bertz CT molecular complexity index is 2350. The molecule has 3 atom stereocenters. The summed E-state index contributed by atoms with van der Waals surface area (Å²) in [5.41, 5.74) is 1.79. The zero-order valence-electron chi connectivity index (χ0n) is 45.6. The molecule has 1 unspecified atom stereocenters. The Hall–Kier alpha value is -5.91. The average Bonchev–Trinajstić information content (AvgIpc) is 3.41. The van der Waals surface area contributed by atoms with Crippen molar-refractivity contribution < 1.29 is 116 Å². The van der Waals surface area contributed by atoms with Crippen LogP contribution in [-0.2, 0) is 57.6 Å². The van der Waals surface area contributed by atoms with Crippen molar-refractivity contribution in [2.75, 3.05) is 110 Å². The van der Waals surface area contributed by atoms with E-state index in [2.05, 4.69) is 26.2 Å². The number of aliphatic carboxylic acids is 7. The van der Waals surface area contributed by atoms with Crippen LogP contribution in [0.15, 0.2) is 24.3 Å². The quantitative estimate of drug-likeness (QED) is 0.0410. The van der Waals surface area contributed by atoms with Crippen LogP contribution in [0.5, 0.6) is 0 Å². The van der Waals surface area contributed by atoms with Crippen LogP contribution in [-0.4, -0.2) is 247 Å². The summed E-state index contributed by atoms with van der Waals surface area (Å²) >= 11 is 0. The molecule has 0 spiro atoms. The molecule has 3 amide bonds. The Morgan fingerprint density at radius 2 is 1.06 bits per heavy atom. The zero-order chi connectivity index (χ0) is 58.4. The van der Waals surface area contributed by atoms with E-state index in [-0.39, 0.29) is 128 Å². The number of hydrogen-bond donors (Lipinski definition) is 11. The van der Waals surface area contributed by atoms with Crippen molar-refractivity contribution in [2.45, 2.75) is 114 Å². The van der Waals surface area contributed by atoms with Gasteiger partial charge in [-0.3, -0.25) is 48.4 Å². The van der Waals surface area contributed by atoms with Crippen molar-refractivity contribution in [1.82, 2.24) is 55.8 Å². The van der Waals surface area contributed by atoms with Gasteiger partial charge in [-0.15, -0.1) is 0 Å². The number of carbonyl (C=O) groups excluding carboxylic acids is 2. The van der Waals surface area contributed by atoms with E-state index in [4.69, 9.17) is 20.1 Å². The molecule has 81 heavy (non-hydrogen) atoms. The number of nitrogens with one attached hydrogen (secondary N) is 4. The summed E-state index contributed by atoms with van der Waals surface area (Å²) in [6.45, 7) is 3.36. The molecule has 2 fully saturated rings. The van der Waals surface area contributed by atoms with Crippen molar-refractivity contribution in [3.63, 3.8) is 0 Å². The maximum Gasteiger partial charge on any atom is 0.326 e. The van der Waals surface area contributed by atoms with Crippen LogP contribution in [0.25, 0.3) is 0 Å². The molecule has 1 aromatic heterocycles. The van der Waals surface area contributed by atoms with Gasteiger partial charge in [-0.25, -0.2) is 19.4 Å². The van der Waals surface area contributed by atoms with E-state index in [1.165, 1.54) is 0 Å². The number of amides is 3. The molecule has 2 saturated heterocycles. The van der Waals surface area contributed by atoms with Gasteiger partial charge in [0, 0.05) is 147 Å². The summed E-state index contributed by atoms with van der Waals surface area (Å²) in [6, 6.07) is 3.44. The Kier molecular flexibility index (Phi) is 32.5. The summed E-state index contributed by atoms with van der Waals surface area (Å²) in [7, 11) is 0. The predicted octanol–water partition coefficient (Wildman–Crippen LogP) is -0.0268. The molecule has 3 heterocycles. The Balaban J connectivity index is 0.0000172. The second-order valence-corrected chi connectivity index (χ2v) is 20.2. The van der Waals surface area contributed by atoms with Crippen LogP contribution >= 0.6 is 0 Å². The van der Waals surface area contributed by atoms with Crippen molar-refractivity contribution in [1.29, 1.82) is 0 Å². The molecular formula is C52H80LuN12O16. The minimum Gasteiger partial charge on any atom is -0.481 e. The molecule has 0 bridgehead atoms. The number of rotatable bonds is 34. The largest absolute Gasteiger partial charge is 0.481 e. The van der Waals surface area contributed by atoms with Gasteiger partial charge in [-0.2, -0.15) is 9.97 Å². The standard InChI is InChI=1S/C52H80N12O16.Lu/c65-43(54-18-8-7-9-39(49(76)77)55-52(80)56-40(50(78)79)16-17-44(66)67)11-6-4-2-1-3-5-10-41-57-42(59-51(58-41)63-21-19-53-20-22-63)30-37-14-12-36(13-15-37)29-38-31-62(34-47(72)73)26-25-60(32-45(68)69)23-24-61(33-46(70)71)27-28-64(38)35-48(74)75;/h12-15,38-40,53H,1-11,16-35H2,(H,54,65)(H,66,67)(H,68,69)(H,70,71)(H,72,73)(H,74,75)(H,76,77)(H,78,79)(H2,55,56,80);/t38?,39-,40-;/m0./s1. The van der Waals surface area contributed by atoms with Gasteiger partial charge in [0.2, 0.25) is 11.9 Å². The number of carboxylic acid groups (broad SMARTS) is 7. The van der Waals surface area contributed by atoms with E-state index in [1.807, 2.05) is 24.3 Å². The fourth-order valence-electron chi connectivity index (χ4n) is 9.46. The first-order valence-electron chi connectivity index (χ1n) is 27.3. The third-order valence-electron chi connectivity index (χ3n) is 13.7. The zero-order valence-corrected chi connectivity index (χ0v) is 47.3. The van der Waals surface area contributed by atoms with E-state index in [0.717, 1.165) is 69.4 Å². The first-order valence-corrected chi connectivity index (χ1v) is 27.3. The maximum atomic E-state index is 12.5. The normalized spacial score (nSPS) is 16.8. The molecule has 2 aromatic rings. The number of hydrogen-bond acceptors (Lipinski definition) is 18. The van der Waals surface area contributed by atoms with Gasteiger partial charge in [-0.1, -0.05) is 49.9 Å². The fraction of sp³-hybridized carbons (Fsp3) is 0.654. The molecule has 1 radical (unpaired) electrons. The number of benzene rings is 1. The first kappa shape index (κ1) is 69.4. The summed E-state index contributed by atoms with van der Waals surface area (Å²) < 4.78 is 0. The van der Waals surface area contributed by atoms with Gasteiger partial charge in [0.15, 0.2) is 0 Å². The van der Waals surface area contributed by atoms with Crippen LogP contribution in [0.4, 0.5) is 10.7 Å². The number of urea groups is 1. The SMILES string of the molecule is O=C(O)CC[C@H](NC(=O)N[C@@H](CCCCNC(=O)CCCCCCCCc1nc(Cc2ccc(CC3CN(CC(=O)O)CCN(CC(=O)O)CCN(CC(=O)O)CCN3CC(=O)O)cc2)nc(N2CCNCC2)n1)C(=O)O)C(=O)O.[Lu]. The predicted molar refractivity (Wildman–Crippen MR) is 287 cm³/mol. The molecular weight excluding hydrogens is 1220 g/mol.